The zero-order chi connectivity index (χ0) is 23.6. The number of allylic oxidation sites excluding steroid dienone is 1. The molecule has 0 aromatic heterocycles. The van der Waals surface area contributed by atoms with Gasteiger partial charge in [-0.25, -0.2) is 0 Å². The Hall–Kier alpha value is -4.64. The van der Waals surface area contributed by atoms with Gasteiger partial charge in [-0.1, -0.05) is 24.3 Å². The lowest BCUT2D eigenvalue weighted by molar-refractivity contribution is -0.384. The fourth-order valence-corrected chi connectivity index (χ4v) is 2.97. The number of nitro benzene ring substituents is 1. The van der Waals surface area contributed by atoms with E-state index in [0.717, 1.165) is 0 Å². The highest BCUT2D eigenvalue weighted by Crippen LogP contribution is 2.30. The van der Waals surface area contributed by atoms with Crippen LogP contribution in [0.2, 0.25) is 0 Å². The van der Waals surface area contributed by atoms with E-state index in [1.165, 1.54) is 24.3 Å². The molecule has 166 valence electrons. The first-order valence-corrected chi connectivity index (χ1v) is 10.1. The Morgan fingerprint density at radius 1 is 1.06 bits per heavy atom. The summed E-state index contributed by atoms with van der Waals surface area (Å²) in [6.45, 7) is 2.01. The molecule has 1 N–H and O–H groups in total. The molecule has 0 heterocycles. The minimum Gasteiger partial charge on any atom is -0.490 e. The lowest BCUT2D eigenvalue weighted by atomic mass is 10.0. The predicted molar refractivity (Wildman–Crippen MR) is 125 cm³/mol. The van der Waals surface area contributed by atoms with E-state index in [0.29, 0.717) is 40.5 Å². The van der Waals surface area contributed by atoms with Crippen LogP contribution >= 0.6 is 0 Å². The number of anilines is 1. The number of carbonyl (C=O) groups excluding carboxylic acids is 1. The standard InChI is InChI=1S/C25H21N3O5/c1-2-32-24-15-18(14-20(16-26)19-9-11-22(12-10-19)28(30)31)8-13-23(24)33-17-25(29)27-21-6-4-3-5-7-21/h3-15H,2,17H2,1H3,(H,27,29)/b20-14+. The molecule has 1 amide bonds. The summed E-state index contributed by atoms with van der Waals surface area (Å²) >= 11 is 0. The highest BCUT2D eigenvalue weighted by molar-refractivity contribution is 5.92. The fourth-order valence-electron chi connectivity index (χ4n) is 2.97. The molecule has 0 radical (unpaired) electrons. The Kier molecular flexibility index (Phi) is 7.76. The van der Waals surface area contributed by atoms with Gasteiger partial charge in [-0.3, -0.25) is 14.9 Å². The number of carbonyl (C=O) groups is 1. The maximum absolute atomic E-state index is 12.2. The molecule has 0 saturated heterocycles. The van der Waals surface area contributed by atoms with Crippen LogP contribution in [0.3, 0.4) is 0 Å². The van der Waals surface area contributed by atoms with Gasteiger partial charge in [0.25, 0.3) is 11.6 Å². The first-order valence-electron chi connectivity index (χ1n) is 10.1. The highest BCUT2D eigenvalue weighted by Gasteiger charge is 2.11. The van der Waals surface area contributed by atoms with E-state index in [1.807, 2.05) is 25.1 Å². The van der Waals surface area contributed by atoms with E-state index in [9.17, 15) is 20.2 Å². The van der Waals surface area contributed by atoms with Gasteiger partial charge in [0.15, 0.2) is 18.1 Å². The Bertz CT molecular complexity index is 1200. The molecule has 0 atom stereocenters. The quantitative estimate of drug-likeness (QED) is 0.214. The molecule has 0 unspecified atom stereocenters. The number of non-ortho nitro benzene ring substituents is 1. The topological polar surface area (TPSA) is 114 Å². The number of para-hydroxylation sites is 1. The van der Waals surface area contributed by atoms with E-state index in [2.05, 4.69) is 11.4 Å². The third-order valence-corrected chi connectivity index (χ3v) is 4.50. The van der Waals surface area contributed by atoms with Gasteiger partial charge in [-0.2, -0.15) is 5.26 Å². The largest absolute Gasteiger partial charge is 0.490 e. The van der Waals surface area contributed by atoms with Crippen LogP contribution in [0, 0.1) is 21.4 Å². The number of hydrogen-bond acceptors (Lipinski definition) is 6. The smallest absolute Gasteiger partial charge is 0.269 e. The van der Waals surface area contributed by atoms with Crippen molar-refractivity contribution < 1.29 is 19.2 Å². The molecule has 3 aromatic rings. The minimum absolute atomic E-state index is 0.0486. The SMILES string of the molecule is CCOc1cc(/C=C(\C#N)c2ccc([N+](=O)[O-])cc2)ccc1OCC(=O)Nc1ccccc1. The Labute approximate surface area is 190 Å². The first kappa shape index (κ1) is 23.0. The second-order valence-electron chi connectivity index (χ2n) is 6.82. The maximum atomic E-state index is 12.2. The normalized spacial score (nSPS) is 10.7. The minimum atomic E-state index is -0.493. The molecule has 8 nitrogen and oxygen atoms in total. The summed E-state index contributed by atoms with van der Waals surface area (Å²) in [4.78, 5) is 22.5. The average Bonchev–Trinajstić information content (AvgIpc) is 2.83. The number of ether oxygens (including phenoxy) is 2. The molecule has 3 rings (SSSR count). The van der Waals surface area contributed by atoms with Crippen molar-refractivity contribution in [2.75, 3.05) is 18.5 Å². The number of rotatable bonds is 9. The van der Waals surface area contributed by atoms with Crippen molar-refractivity contribution in [2.24, 2.45) is 0 Å². The van der Waals surface area contributed by atoms with Gasteiger partial charge < -0.3 is 14.8 Å². The monoisotopic (exact) mass is 443 g/mol. The van der Waals surface area contributed by atoms with Crippen LogP contribution in [0.4, 0.5) is 11.4 Å². The van der Waals surface area contributed by atoms with Gasteiger partial charge in [0.2, 0.25) is 0 Å². The van der Waals surface area contributed by atoms with Crippen LogP contribution in [-0.2, 0) is 4.79 Å². The van der Waals surface area contributed by atoms with Gasteiger partial charge in [0, 0.05) is 17.8 Å². The van der Waals surface area contributed by atoms with Gasteiger partial charge in [0.1, 0.15) is 0 Å². The van der Waals surface area contributed by atoms with Crippen molar-refractivity contribution in [2.45, 2.75) is 6.92 Å². The fraction of sp³-hybridized carbons (Fsp3) is 0.120. The molecule has 0 fully saturated rings. The molecule has 0 spiro atoms. The van der Waals surface area contributed by atoms with Crippen molar-refractivity contribution in [1.82, 2.24) is 0 Å². The van der Waals surface area contributed by atoms with E-state index < -0.39 is 4.92 Å². The molecule has 0 bridgehead atoms. The summed E-state index contributed by atoms with van der Waals surface area (Å²) in [6.07, 6.45) is 1.65. The van der Waals surface area contributed by atoms with E-state index in [-0.39, 0.29) is 18.2 Å². The number of amides is 1. The summed E-state index contributed by atoms with van der Waals surface area (Å²) in [6, 6.07) is 22.0. The van der Waals surface area contributed by atoms with Gasteiger partial charge in [-0.05, 0) is 60.5 Å². The van der Waals surface area contributed by atoms with Crippen LogP contribution in [0.15, 0.2) is 72.8 Å². The van der Waals surface area contributed by atoms with E-state index >= 15 is 0 Å². The molecule has 3 aromatic carbocycles. The van der Waals surface area contributed by atoms with Gasteiger partial charge in [0.05, 0.1) is 23.2 Å². The summed E-state index contributed by atoms with van der Waals surface area (Å²) in [7, 11) is 0. The van der Waals surface area contributed by atoms with Crippen molar-refractivity contribution in [3.8, 4) is 17.6 Å². The second kappa shape index (κ2) is 11.1. The number of benzene rings is 3. The molecule has 0 aliphatic carbocycles. The first-order chi connectivity index (χ1) is 16.0. The van der Waals surface area contributed by atoms with Gasteiger partial charge >= 0.3 is 0 Å². The number of nitrogens with one attached hydrogen (secondary N) is 1. The molecular formula is C25H21N3O5. The summed E-state index contributed by atoms with van der Waals surface area (Å²) in [5.74, 6) is 0.517. The summed E-state index contributed by atoms with van der Waals surface area (Å²) in [5.41, 5.74) is 2.19. The lowest BCUT2D eigenvalue weighted by Crippen LogP contribution is -2.20. The van der Waals surface area contributed by atoms with Crippen LogP contribution < -0.4 is 14.8 Å². The van der Waals surface area contributed by atoms with Crippen LogP contribution in [-0.4, -0.2) is 24.0 Å². The maximum Gasteiger partial charge on any atom is 0.269 e. The number of nitrogens with zero attached hydrogens (tertiary/aromatic N) is 2. The zero-order valence-corrected chi connectivity index (χ0v) is 17.9. The molecule has 33 heavy (non-hydrogen) atoms. The van der Waals surface area contributed by atoms with Crippen LogP contribution in [0.1, 0.15) is 18.1 Å². The van der Waals surface area contributed by atoms with E-state index in [1.54, 1.807) is 36.4 Å². The van der Waals surface area contributed by atoms with Crippen LogP contribution in [0.25, 0.3) is 11.6 Å². The molecule has 0 aliphatic rings. The molecular weight excluding hydrogens is 422 g/mol. The third kappa shape index (κ3) is 6.42. The lowest BCUT2D eigenvalue weighted by Gasteiger charge is -2.13. The Morgan fingerprint density at radius 3 is 2.42 bits per heavy atom. The Balaban J connectivity index is 1.76. The van der Waals surface area contributed by atoms with Gasteiger partial charge in [-0.15, -0.1) is 0 Å². The Morgan fingerprint density at radius 2 is 1.79 bits per heavy atom. The summed E-state index contributed by atoms with van der Waals surface area (Å²) < 4.78 is 11.3. The van der Waals surface area contributed by atoms with Crippen molar-refractivity contribution in [1.29, 1.82) is 5.26 Å². The number of nitriles is 1. The average molecular weight is 443 g/mol. The third-order valence-electron chi connectivity index (χ3n) is 4.50. The molecule has 8 heteroatoms. The van der Waals surface area contributed by atoms with Crippen molar-refractivity contribution in [3.05, 3.63) is 94.0 Å². The highest BCUT2D eigenvalue weighted by atomic mass is 16.6. The molecule has 0 saturated carbocycles. The molecule has 0 aliphatic heterocycles. The van der Waals surface area contributed by atoms with Crippen LogP contribution in [0.5, 0.6) is 11.5 Å². The predicted octanol–water partition coefficient (Wildman–Crippen LogP) is 5.08. The number of nitro groups is 1. The second-order valence-corrected chi connectivity index (χ2v) is 6.82. The number of hydrogen-bond donors (Lipinski definition) is 1. The van der Waals surface area contributed by atoms with Crippen molar-refractivity contribution >= 4 is 28.9 Å². The van der Waals surface area contributed by atoms with Crippen molar-refractivity contribution in [3.63, 3.8) is 0 Å². The summed E-state index contributed by atoms with van der Waals surface area (Å²) in [5, 5.41) is 23.1. The zero-order valence-electron chi connectivity index (χ0n) is 17.9. The van der Waals surface area contributed by atoms with E-state index in [4.69, 9.17) is 9.47 Å².